The SMILES string of the molecule is O=C(c1c(F)cccc1F)c1c[nH]c2ncc(-c3ccc(-c4ccn[nH]4)s3)cc12. The highest BCUT2D eigenvalue weighted by molar-refractivity contribution is 7.18. The number of nitrogens with one attached hydrogen (secondary N) is 2. The fourth-order valence-corrected chi connectivity index (χ4v) is 4.17. The van der Waals surface area contributed by atoms with Crippen LogP contribution in [0.4, 0.5) is 8.78 Å². The monoisotopic (exact) mass is 406 g/mol. The standard InChI is InChI=1S/C21H12F2N4OS/c22-14-2-1-3-15(23)19(14)20(28)13-10-25-21-12(13)8-11(9-24-21)17-4-5-18(29-17)16-6-7-26-27-16/h1-10H,(H,24,25)(H,26,27). The Kier molecular flexibility index (Phi) is 4.06. The molecule has 0 radical (unpaired) electrons. The van der Waals surface area contributed by atoms with Crippen molar-refractivity contribution in [3.05, 3.63) is 83.8 Å². The molecule has 1 aromatic carbocycles. The van der Waals surface area contributed by atoms with Crippen LogP contribution >= 0.6 is 11.3 Å². The Labute approximate surface area is 167 Å². The van der Waals surface area contributed by atoms with E-state index < -0.39 is 23.0 Å². The number of aromatic nitrogens is 4. The summed E-state index contributed by atoms with van der Waals surface area (Å²) in [4.78, 5) is 22.0. The third-order valence-electron chi connectivity index (χ3n) is 4.62. The van der Waals surface area contributed by atoms with Crippen molar-refractivity contribution >= 4 is 28.2 Å². The van der Waals surface area contributed by atoms with E-state index in [2.05, 4.69) is 20.2 Å². The molecule has 0 unspecified atom stereocenters. The molecule has 8 heteroatoms. The van der Waals surface area contributed by atoms with Crippen LogP contribution in [-0.4, -0.2) is 25.9 Å². The van der Waals surface area contributed by atoms with Gasteiger partial charge in [-0.25, -0.2) is 13.8 Å². The number of aromatic amines is 2. The third kappa shape index (κ3) is 2.94. The molecule has 0 bridgehead atoms. The Balaban J connectivity index is 1.59. The predicted octanol–water partition coefficient (Wildman–Crippen LogP) is 5.19. The lowest BCUT2D eigenvalue weighted by molar-refractivity contribution is 0.103. The second-order valence-corrected chi connectivity index (χ2v) is 7.47. The van der Waals surface area contributed by atoms with Crippen molar-refractivity contribution in [2.75, 3.05) is 0 Å². The Morgan fingerprint density at radius 2 is 1.83 bits per heavy atom. The van der Waals surface area contributed by atoms with E-state index in [0.717, 1.165) is 33.1 Å². The number of carbonyl (C=O) groups excluding carboxylic acids is 1. The van der Waals surface area contributed by atoms with Crippen molar-refractivity contribution in [3.63, 3.8) is 0 Å². The average molecular weight is 406 g/mol. The first kappa shape index (κ1) is 17.4. The lowest BCUT2D eigenvalue weighted by Crippen LogP contribution is -2.06. The maximum atomic E-state index is 14.1. The summed E-state index contributed by atoms with van der Waals surface area (Å²) < 4.78 is 28.2. The fourth-order valence-electron chi connectivity index (χ4n) is 3.21. The van der Waals surface area contributed by atoms with Gasteiger partial charge in [-0.15, -0.1) is 11.3 Å². The second kappa shape index (κ2) is 6.75. The molecule has 5 nitrogen and oxygen atoms in total. The molecule has 5 rings (SSSR count). The number of benzene rings is 1. The Hall–Kier alpha value is -3.65. The van der Waals surface area contributed by atoms with Gasteiger partial charge in [0, 0.05) is 40.0 Å². The van der Waals surface area contributed by atoms with E-state index in [-0.39, 0.29) is 5.56 Å². The van der Waals surface area contributed by atoms with Crippen molar-refractivity contribution in [2.24, 2.45) is 0 Å². The summed E-state index contributed by atoms with van der Waals surface area (Å²) in [5.74, 6) is -2.51. The molecule has 0 aliphatic rings. The highest BCUT2D eigenvalue weighted by Gasteiger charge is 2.22. The number of halogens is 2. The zero-order chi connectivity index (χ0) is 20.0. The molecule has 4 aromatic heterocycles. The van der Waals surface area contributed by atoms with Crippen LogP contribution in [-0.2, 0) is 0 Å². The van der Waals surface area contributed by atoms with Crippen LogP contribution in [0.15, 0.2) is 61.1 Å². The number of thiophene rings is 1. The molecule has 0 saturated heterocycles. The molecule has 0 aliphatic heterocycles. The Bertz CT molecular complexity index is 1330. The van der Waals surface area contributed by atoms with E-state index in [0.29, 0.717) is 11.0 Å². The molecular formula is C21H12F2N4OS. The first-order valence-electron chi connectivity index (χ1n) is 8.67. The van der Waals surface area contributed by atoms with Crippen LogP contribution in [0, 0.1) is 11.6 Å². The lowest BCUT2D eigenvalue weighted by atomic mass is 10.0. The molecule has 29 heavy (non-hydrogen) atoms. The molecule has 0 aliphatic carbocycles. The van der Waals surface area contributed by atoms with E-state index in [4.69, 9.17) is 0 Å². The molecule has 5 aromatic rings. The summed E-state index contributed by atoms with van der Waals surface area (Å²) in [5, 5.41) is 7.38. The van der Waals surface area contributed by atoms with Gasteiger partial charge in [0.15, 0.2) is 0 Å². The van der Waals surface area contributed by atoms with E-state index in [9.17, 15) is 13.6 Å². The van der Waals surface area contributed by atoms with Crippen LogP contribution in [0.5, 0.6) is 0 Å². The fraction of sp³-hybridized carbons (Fsp3) is 0. The lowest BCUT2D eigenvalue weighted by Gasteiger charge is -2.04. The summed E-state index contributed by atoms with van der Waals surface area (Å²) >= 11 is 1.54. The van der Waals surface area contributed by atoms with Gasteiger partial charge in [0.05, 0.1) is 16.1 Å². The maximum Gasteiger partial charge on any atom is 0.201 e. The van der Waals surface area contributed by atoms with Crippen LogP contribution in [0.2, 0.25) is 0 Å². The first-order valence-corrected chi connectivity index (χ1v) is 9.49. The Morgan fingerprint density at radius 1 is 1.03 bits per heavy atom. The largest absolute Gasteiger partial charge is 0.345 e. The summed E-state index contributed by atoms with van der Waals surface area (Å²) in [5.41, 5.74) is 1.78. The topological polar surface area (TPSA) is 74.4 Å². The van der Waals surface area contributed by atoms with Crippen molar-refractivity contribution in [1.82, 2.24) is 20.2 Å². The van der Waals surface area contributed by atoms with E-state index in [1.165, 1.54) is 12.3 Å². The first-order chi connectivity index (χ1) is 14.1. The van der Waals surface area contributed by atoms with Crippen LogP contribution < -0.4 is 0 Å². The van der Waals surface area contributed by atoms with Gasteiger partial charge < -0.3 is 4.98 Å². The van der Waals surface area contributed by atoms with E-state index in [1.54, 1.807) is 29.8 Å². The van der Waals surface area contributed by atoms with Gasteiger partial charge in [0.2, 0.25) is 5.78 Å². The third-order valence-corrected chi connectivity index (χ3v) is 5.79. The minimum Gasteiger partial charge on any atom is -0.345 e. The number of nitrogens with zero attached hydrogens (tertiary/aromatic N) is 2. The number of carbonyl (C=O) groups is 1. The van der Waals surface area contributed by atoms with E-state index >= 15 is 0 Å². The van der Waals surface area contributed by atoms with Gasteiger partial charge in [-0.05, 0) is 36.4 Å². The van der Waals surface area contributed by atoms with Gasteiger partial charge in [-0.1, -0.05) is 6.07 Å². The van der Waals surface area contributed by atoms with Crippen molar-refractivity contribution in [2.45, 2.75) is 0 Å². The van der Waals surface area contributed by atoms with Gasteiger partial charge in [0.1, 0.15) is 17.3 Å². The minimum absolute atomic E-state index is 0.170. The van der Waals surface area contributed by atoms with Crippen molar-refractivity contribution < 1.29 is 13.6 Å². The van der Waals surface area contributed by atoms with Gasteiger partial charge in [-0.3, -0.25) is 9.89 Å². The average Bonchev–Trinajstić information content (AvgIpc) is 3.46. The number of hydrogen-bond donors (Lipinski definition) is 2. The molecule has 0 amide bonds. The summed E-state index contributed by atoms with van der Waals surface area (Å²) in [6, 6.07) is 11.0. The molecule has 4 heterocycles. The van der Waals surface area contributed by atoms with Crippen LogP contribution in [0.3, 0.4) is 0 Å². The smallest absolute Gasteiger partial charge is 0.201 e. The maximum absolute atomic E-state index is 14.1. The zero-order valence-electron chi connectivity index (χ0n) is 14.7. The molecule has 0 fully saturated rings. The number of pyridine rings is 1. The summed E-state index contributed by atoms with van der Waals surface area (Å²) in [7, 11) is 0. The Morgan fingerprint density at radius 3 is 2.59 bits per heavy atom. The molecular weight excluding hydrogens is 394 g/mol. The molecule has 142 valence electrons. The molecule has 0 atom stereocenters. The zero-order valence-corrected chi connectivity index (χ0v) is 15.6. The molecule has 2 N–H and O–H groups in total. The van der Waals surface area contributed by atoms with Gasteiger partial charge in [0.25, 0.3) is 0 Å². The summed E-state index contributed by atoms with van der Waals surface area (Å²) in [6.45, 7) is 0. The number of rotatable bonds is 4. The predicted molar refractivity (Wildman–Crippen MR) is 107 cm³/mol. The number of hydrogen-bond acceptors (Lipinski definition) is 4. The minimum atomic E-state index is -0.893. The van der Waals surface area contributed by atoms with Gasteiger partial charge >= 0.3 is 0 Å². The number of H-pyrrole nitrogens is 2. The molecule has 0 saturated carbocycles. The van der Waals surface area contributed by atoms with Crippen molar-refractivity contribution in [1.29, 1.82) is 0 Å². The summed E-state index contributed by atoms with van der Waals surface area (Å²) in [6.07, 6.45) is 4.81. The van der Waals surface area contributed by atoms with Crippen LogP contribution in [0.1, 0.15) is 15.9 Å². The molecule has 0 spiro atoms. The second-order valence-electron chi connectivity index (χ2n) is 6.38. The highest BCUT2D eigenvalue weighted by Crippen LogP contribution is 2.35. The number of ketones is 1. The highest BCUT2D eigenvalue weighted by atomic mass is 32.1. The number of fused-ring (bicyclic) bond motifs is 1. The van der Waals surface area contributed by atoms with E-state index in [1.807, 2.05) is 18.2 Å². The normalized spacial score (nSPS) is 11.2. The quantitative estimate of drug-likeness (QED) is 0.403. The van der Waals surface area contributed by atoms with Crippen LogP contribution in [0.25, 0.3) is 32.0 Å². The van der Waals surface area contributed by atoms with Gasteiger partial charge in [-0.2, -0.15) is 5.10 Å². The van der Waals surface area contributed by atoms with Crippen molar-refractivity contribution in [3.8, 4) is 21.0 Å².